The largest absolute Gasteiger partial charge is 0.477 e. The maximum Gasteiger partial charge on any atom is 0.347 e. The van der Waals surface area contributed by atoms with Crippen molar-refractivity contribution in [2.75, 3.05) is 10.0 Å². The molecule has 15 heteroatoms. The Morgan fingerprint density at radius 3 is 2.72 bits per heavy atom. The fourth-order valence-corrected chi connectivity index (χ4v) is 5.71. The lowest BCUT2D eigenvalue weighted by Crippen LogP contribution is -2.16. The molecule has 0 atom stereocenters. The van der Waals surface area contributed by atoms with Crippen LogP contribution in [0.2, 0.25) is 0 Å². The van der Waals surface area contributed by atoms with Crippen molar-refractivity contribution < 1.29 is 27.1 Å². The van der Waals surface area contributed by atoms with E-state index in [1.165, 1.54) is 24.2 Å². The number of hydrogen-bond acceptors (Lipinski definition) is 9. The van der Waals surface area contributed by atoms with Crippen molar-refractivity contribution >= 4 is 55.7 Å². The van der Waals surface area contributed by atoms with Crippen LogP contribution in [0, 0.1) is 11.6 Å². The lowest BCUT2D eigenvalue weighted by molar-refractivity contribution is 0.0698. The number of aromatic carboxylic acids is 1. The highest BCUT2D eigenvalue weighted by Crippen LogP contribution is 2.34. The third-order valence-corrected chi connectivity index (χ3v) is 7.41. The molecule has 36 heavy (non-hydrogen) atoms. The molecule has 0 unspecified atom stereocenters. The first-order valence-corrected chi connectivity index (χ1v) is 12.3. The van der Waals surface area contributed by atoms with Crippen LogP contribution in [0.1, 0.15) is 9.67 Å². The zero-order chi connectivity index (χ0) is 25.4. The number of hydrogen-bond donors (Lipinski definition) is 4. The van der Waals surface area contributed by atoms with Gasteiger partial charge in [-0.15, -0.1) is 11.3 Å². The van der Waals surface area contributed by atoms with Gasteiger partial charge < -0.3 is 15.4 Å². The van der Waals surface area contributed by atoms with Gasteiger partial charge in [-0.3, -0.25) is 4.72 Å². The summed E-state index contributed by atoms with van der Waals surface area (Å²) in [5, 5.41) is 13.1. The molecule has 4 aromatic heterocycles. The lowest BCUT2D eigenvalue weighted by Gasteiger charge is -2.15. The highest BCUT2D eigenvalue weighted by Gasteiger charge is 2.26. The summed E-state index contributed by atoms with van der Waals surface area (Å²) in [6, 6.07) is 6.03. The Balaban J connectivity index is 1.54. The maximum absolute atomic E-state index is 15.4. The summed E-state index contributed by atoms with van der Waals surface area (Å²) in [5.74, 6) is -3.73. The number of carboxylic acids is 1. The Kier molecular flexibility index (Phi) is 5.77. The van der Waals surface area contributed by atoms with Gasteiger partial charge in [-0.1, -0.05) is 0 Å². The molecule has 0 saturated carbocycles. The number of thiophene rings is 1. The quantitative estimate of drug-likeness (QED) is 0.244. The lowest BCUT2D eigenvalue weighted by atomic mass is 10.1. The minimum atomic E-state index is -4.49. The van der Waals surface area contributed by atoms with E-state index in [4.69, 9.17) is 0 Å². The number of nitrogens with zero attached hydrogens (tertiary/aromatic N) is 4. The standard InChI is InChI=1S/C21H13F2N7O4S2/c22-11-3-4-12(30-36(33,34)13-5-7-35-18(13)21(31)32)14(23)16(11)29-19-10(2-1-6-24-19)15-17-20(27-8-25-15)28-9-26-17/h1-9,30H,(H,24,29)(H,31,32)(H,25,26,27,28). The number of carbonyl (C=O) groups is 1. The SMILES string of the molecule is O=C(O)c1sccc1S(=O)(=O)Nc1ccc(F)c(Nc2ncccc2-c2ncnc3[nH]cnc23)c1F. The van der Waals surface area contributed by atoms with Crippen LogP contribution in [0.15, 0.2) is 59.5 Å². The molecule has 5 aromatic rings. The minimum Gasteiger partial charge on any atom is -0.477 e. The first kappa shape index (κ1) is 23.3. The van der Waals surface area contributed by atoms with E-state index in [1.54, 1.807) is 12.1 Å². The van der Waals surface area contributed by atoms with E-state index in [2.05, 4.69) is 30.2 Å². The number of fused-ring (bicyclic) bond motifs is 1. The van der Waals surface area contributed by atoms with Gasteiger partial charge >= 0.3 is 5.97 Å². The molecule has 4 N–H and O–H groups in total. The average Bonchev–Trinajstić information content (AvgIpc) is 3.54. The maximum atomic E-state index is 15.4. The van der Waals surface area contributed by atoms with E-state index in [1.807, 2.05) is 4.72 Å². The number of carboxylic acid groups (broad SMARTS) is 1. The molecule has 0 aliphatic rings. The van der Waals surface area contributed by atoms with Crippen LogP contribution in [0.4, 0.5) is 26.0 Å². The summed E-state index contributed by atoms with van der Waals surface area (Å²) >= 11 is 0.697. The zero-order valence-electron chi connectivity index (χ0n) is 17.7. The fourth-order valence-electron chi connectivity index (χ4n) is 3.39. The Bertz CT molecular complexity index is 1740. The van der Waals surface area contributed by atoms with Gasteiger partial charge in [0.05, 0.1) is 12.0 Å². The first-order chi connectivity index (χ1) is 17.3. The molecule has 0 radical (unpaired) electrons. The Hall–Kier alpha value is -4.50. The summed E-state index contributed by atoms with van der Waals surface area (Å²) in [5.41, 5.74) is 0.250. The molecular weight excluding hydrogens is 516 g/mol. The van der Waals surface area contributed by atoms with E-state index in [0.29, 0.717) is 33.8 Å². The predicted molar refractivity (Wildman–Crippen MR) is 127 cm³/mol. The highest BCUT2D eigenvalue weighted by atomic mass is 32.2. The van der Waals surface area contributed by atoms with Crippen LogP contribution < -0.4 is 10.0 Å². The third-order valence-electron chi connectivity index (χ3n) is 4.97. The normalized spacial score (nSPS) is 11.5. The van der Waals surface area contributed by atoms with E-state index in [9.17, 15) is 22.7 Å². The van der Waals surface area contributed by atoms with Crippen LogP contribution in [0.3, 0.4) is 0 Å². The van der Waals surface area contributed by atoms with Crippen molar-refractivity contribution in [1.82, 2.24) is 24.9 Å². The third kappa shape index (κ3) is 4.09. The van der Waals surface area contributed by atoms with Crippen molar-refractivity contribution in [2.45, 2.75) is 4.90 Å². The second-order valence-electron chi connectivity index (χ2n) is 7.16. The zero-order valence-corrected chi connectivity index (χ0v) is 19.4. The summed E-state index contributed by atoms with van der Waals surface area (Å²) < 4.78 is 57.6. The van der Waals surface area contributed by atoms with Gasteiger partial charge in [0.25, 0.3) is 10.0 Å². The van der Waals surface area contributed by atoms with Crippen LogP contribution in [0.25, 0.3) is 22.4 Å². The van der Waals surface area contributed by atoms with Gasteiger partial charge in [-0.2, -0.15) is 0 Å². The number of aromatic nitrogens is 5. The average molecular weight is 530 g/mol. The van der Waals surface area contributed by atoms with Crippen LogP contribution >= 0.6 is 11.3 Å². The smallest absolute Gasteiger partial charge is 0.347 e. The summed E-state index contributed by atoms with van der Waals surface area (Å²) in [6.45, 7) is 0. The molecule has 11 nitrogen and oxygen atoms in total. The van der Waals surface area contributed by atoms with Gasteiger partial charge in [0, 0.05) is 11.8 Å². The van der Waals surface area contributed by atoms with Gasteiger partial charge in [-0.05, 0) is 35.7 Å². The number of anilines is 3. The van der Waals surface area contributed by atoms with E-state index in [0.717, 1.165) is 18.2 Å². The molecule has 0 saturated heterocycles. The molecule has 182 valence electrons. The number of sulfonamides is 1. The number of halogens is 2. The molecule has 0 aliphatic heterocycles. The second kappa shape index (κ2) is 8.94. The van der Waals surface area contributed by atoms with Gasteiger partial charge in [0.1, 0.15) is 44.6 Å². The Morgan fingerprint density at radius 1 is 1.08 bits per heavy atom. The van der Waals surface area contributed by atoms with E-state index >= 15 is 4.39 Å². The number of pyridine rings is 1. The monoisotopic (exact) mass is 529 g/mol. The Morgan fingerprint density at radius 2 is 1.92 bits per heavy atom. The molecule has 5 rings (SSSR count). The summed E-state index contributed by atoms with van der Waals surface area (Å²) in [6.07, 6.45) is 4.10. The van der Waals surface area contributed by atoms with Gasteiger partial charge in [0.15, 0.2) is 11.5 Å². The molecule has 0 amide bonds. The van der Waals surface area contributed by atoms with E-state index < -0.39 is 48.8 Å². The van der Waals surface area contributed by atoms with Crippen LogP contribution in [-0.2, 0) is 10.0 Å². The number of benzene rings is 1. The number of nitrogens with one attached hydrogen (secondary N) is 3. The van der Waals surface area contributed by atoms with Crippen molar-refractivity contribution in [3.8, 4) is 11.3 Å². The topological polar surface area (TPSA) is 163 Å². The molecule has 0 bridgehead atoms. The van der Waals surface area contributed by atoms with Crippen molar-refractivity contribution in [2.24, 2.45) is 0 Å². The molecule has 1 aromatic carbocycles. The first-order valence-electron chi connectivity index (χ1n) is 9.94. The number of imidazole rings is 1. The number of H-pyrrole nitrogens is 1. The van der Waals surface area contributed by atoms with Gasteiger partial charge in [0.2, 0.25) is 0 Å². The van der Waals surface area contributed by atoms with Crippen LogP contribution in [-0.4, -0.2) is 44.4 Å². The summed E-state index contributed by atoms with van der Waals surface area (Å²) in [7, 11) is -4.49. The number of aromatic amines is 1. The molecule has 0 aliphatic carbocycles. The second-order valence-corrected chi connectivity index (χ2v) is 9.72. The fraction of sp³-hybridized carbons (Fsp3) is 0. The summed E-state index contributed by atoms with van der Waals surface area (Å²) in [4.78, 5) is 29.8. The number of rotatable bonds is 7. The van der Waals surface area contributed by atoms with E-state index in [-0.39, 0.29) is 5.82 Å². The highest BCUT2D eigenvalue weighted by molar-refractivity contribution is 7.93. The molecule has 0 spiro atoms. The molecular formula is C21H13F2N7O4S2. The molecule has 4 heterocycles. The van der Waals surface area contributed by atoms with Crippen molar-refractivity contribution in [1.29, 1.82) is 0 Å². The minimum absolute atomic E-state index is 0.0179. The Labute approximate surface area is 205 Å². The van der Waals surface area contributed by atoms with Crippen molar-refractivity contribution in [3.63, 3.8) is 0 Å². The molecule has 0 fully saturated rings. The predicted octanol–water partition coefficient (Wildman–Crippen LogP) is 4.00. The van der Waals surface area contributed by atoms with Gasteiger partial charge in [-0.25, -0.2) is 41.9 Å². The van der Waals surface area contributed by atoms with Crippen molar-refractivity contribution in [3.05, 3.63) is 71.1 Å². The van der Waals surface area contributed by atoms with Crippen LogP contribution in [0.5, 0.6) is 0 Å².